The molecule has 0 spiro atoms. The third-order valence-corrected chi connectivity index (χ3v) is 5.11. The molecule has 24 heavy (non-hydrogen) atoms. The van der Waals surface area contributed by atoms with E-state index < -0.39 is 0 Å². The highest BCUT2D eigenvalue weighted by Crippen LogP contribution is 2.21. The van der Waals surface area contributed by atoms with Gasteiger partial charge in [-0.25, -0.2) is 0 Å². The van der Waals surface area contributed by atoms with Gasteiger partial charge in [-0.05, 0) is 37.3 Å². The van der Waals surface area contributed by atoms with Crippen molar-refractivity contribution in [1.82, 2.24) is 14.7 Å². The number of carbonyl (C=O) groups excluding carboxylic acids is 1. The molecule has 1 aromatic heterocycles. The molecule has 2 aromatic rings. The number of halogens is 1. The van der Waals surface area contributed by atoms with Gasteiger partial charge in [0.15, 0.2) is 0 Å². The maximum Gasteiger partial charge on any atom is 0.257 e. The Morgan fingerprint density at radius 3 is 2.75 bits per heavy atom. The molecule has 3 rings (SSSR count). The number of hydrogen-bond acceptors (Lipinski definition) is 3. The first-order valence-corrected chi connectivity index (χ1v) is 8.73. The van der Waals surface area contributed by atoms with Gasteiger partial charge in [0.05, 0.1) is 18.3 Å². The van der Waals surface area contributed by atoms with Crippen molar-refractivity contribution in [2.45, 2.75) is 32.4 Å². The van der Waals surface area contributed by atoms with E-state index >= 15 is 0 Å². The van der Waals surface area contributed by atoms with E-state index in [1.165, 1.54) is 0 Å². The number of amides is 1. The van der Waals surface area contributed by atoms with Gasteiger partial charge in [-0.2, -0.15) is 5.10 Å². The fourth-order valence-electron chi connectivity index (χ4n) is 3.17. The van der Waals surface area contributed by atoms with Gasteiger partial charge in [-0.1, -0.05) is 29.8 Å². The minimum Gasteiger partial charge on any atom is -0.339 e. The van der Waals surface area contributed by atoms with E-state index in [-0.39, 0.29) is 11.9 Å². The third kappa shape index (κ3) is 3.79. The van der Waals surface area contributed by atoms with Crippen molar-refractivity contribution in [3.8, 4) is 0 Å². The third-order valence-electron chi connectivity index (χ3n) is 4.74. The standard InChI is InChI=1S/C18H23ClN4O/c1-13(20)14-6-8-22(9-7-14)18(24)16-10-21-23(12-16)11-15-4-2-3-5-17(15)19/h2-5,10,12-14H,6-9,11,20H2,1H3. The molecule has 1 amide bonds. The van der Waals surface area contributed by atoms with E-state index in [1.54, 1.807) is 17.1 Å². The van der Waals surface area contributed by atoms with Crippen LogP contribution in [0.2, 0.25) is 5.02 Å². The second-order valence-corrected chi connectivity index (χ2v) is 6.91. The molecule has 1 atom stereocenters. The summed E-state index contributed by atoms with van der Waals surface area (Å²) in [4.78, 5) is 14.5. The minimum atomic E-state index is 0.0449. The first-order chi connectivity index (χ1) is 11.5. The van der Waals surface area contributed by atoms with E-state index in [0.29, 0.717) is 23.0 Å². The maximum absolute atomic E-state index is 12.6. The van der Waals surface area contributed by atoms with Gasteiger partial charge in [-0.3, -0.25) is 9.48 Å². The highest BCUT2D eigenvalue weighted by atomic mass is 35.5. The summed E-state index contributed by atoms with van der Waals surface area (Å²) in [6.07, 6.45) is 5.37. The fraction of sp³-hybridized carbons (Fsp3) is 0.444. The number of rotatable bonds is 4. The van der Waals surface area contributed by atoms with Crippen LogP contribution in [0.4, 0.5) is 0 Å². The number of piperidine rings is 1. The summed E-state index contributed by atoms with van der Waals surface area (Å²) in [5, 5.41) is 5.01. The summed E-state index contributed by atoms with van der Waals surface area (Å²) in [6.45, 7) is 4.13. The molecule has 2 heterocycles. The summed E-state index contributed by atoms with van der Waals surface area (Å²) in [5.41, 5.74) is 7.57. The molecule has 0 aliphatic carbocycles. The van der Waals surface area contributed by atoms with Crippen LogP contribution in [-0.2, 0) is 6.54 Å². The van der Waals surface area contributed by atoms with Gasteiger partial charge >= 0.3 is 0 Å². The van der Waals surface area contributed by atoms with Gasteiger partial charge in [0, 0.05) is 30.4 Å². The molecule has 2 N–H and O–H groups in total. The molecular weight excluding hydrogens is 324 g/mol. The average molecular weight is 347 g/mol. The number of benzene rings is 1. The second-order valence-electron chi connectivity index (χ2n) is 6.51. The molecule has 1 aromatic carbocycles. The van der Waals surface area contributed by atoms with Crippen LogP contribution in [0.1, 0.15) is 35.7 Å². The Morgan fingerprint density at radius 2 is 2.08 bits per heavy atom. The molecule has 0 radical (unpaired) electrons. The van der Waals surface area contributed by atoms with Crippen LogP contribution >= 0.6 is 11.6 Å². The highest BCUT2D eigenvalue weighted by molar-refractivity contribution is 6.31. The largest absolute Gasteiger partial charge is 0.339 e. The molecule has 1 fully saturated rings. The van der Waals surface area contributed by atoms with Gasteiger partial charge < -0.3 is 10.6 Å². The molecule has 128 valence electrons. The summed E-state index contributed by atoms with van der Waals surface area (Å²) in [7, 11) is 0. The second kappa shape index (κ2) is 7.36. The van der Waals surface area contributed by atoms with E-state index in [0.717, 1.165) is 31.5 Å². The summed E-state index contributed by atoms with van der Waals surface area (Å²) in [6, 6.07) is 7.86. The van der Waals surface area contributed by atoms with E-state index in [9.17, 15) is 4.79 Å². The zero-order valence-electron chi connectivity index (χ0n) is 13.9. The van der Waals surface area contributed by atoms with Crippen molar-refractivity contribution < 1.29 is 4.79 Å². The van der Waals surface area contributed by atoms with E-state index in [1.807, 2.05) is 36.1 Å². The molecule has 1 unspecified atom stereocenters. The van der Waals surface area contributed by atoms with Gasteiger partial charge in [-0.15, -0.1) is 0 Å². The summed E-state index contributed by atoms with van der Waals surface area (Å²) >= 11 is 6.18. The van der Waals surface area contributed by atoms with Crippen LogP contribution in [0.15, 0.2) is 36.7 Å². The minimum absolute atomic E-state index is 0.0449. The molecule has 6 heteroatoms. The lowest BCUT2D eigenvalue weighted by atomic mass is 9.91. The topological polar surface area (TPSA) is 64.2 Å². The molecule has 0 bridgehead atoms. The monoisotopic (exact) mass is 346 g/mol. The maximum atomic E-state index is 12.6. The van der Waals surface area contributed by atoms with E-state index in [4.69, 9.17) is 17.3 Å². The van der Waals surface area contributed by atoms with E-state index in [2.05, 4.69) is 5.10 Å². The van der Waals surface area contributed by atoms with Crippen molar-refractivity contribution in [2.75, 3.05) is 13.1 Å². The number of hydrogen-bond donors (Lipinski definition) is 1. The van der Waals surface area contributed by atoms with Crippen molar-refractivity contribution in [1.29, 1.82) is 0 Å². The summed E-state index contributed by atoms with van der Waals surface area (Å²) in [5.74, 6) is 0.556. The molecule has 5 nitrogen and oxygen atoms in total. The number of aromatic nitrogens is 2. The molecule has 0 saturated carbocycles. The number of likely N-dealkylation sites (tertiary alicyclic amines) is 1. The average Bonchev–Trinajstić information content (AvgIpc) is 3.05. The van der Waals surface area contributed by atoms with Crippen LogP contribution in [0.25, 0.3) is 0 Å². The van der Waals surface area contributed by atoms with Crippen molar-refractivity contribution in [3.05, 3.63) is 52.8 Å². The Bertz CT molecular complexity index is 705. The lowest BCUT2D eigenvalue weighted by molar-refractivity contribution is 0.0681. The SMILES string of the molecule is CC(N)C1CCN(C(=O)c2cnn(Cc3ccccc3Cl)c2)CC1. The zero-order chi connectivity index (χ0) is 17.1. The van der Waals surface area contributed by atoms with Crippen LogP contribution in [0.5, 0.6) is 0 Å². The van der Waals surface area contributed by atoms with Crippen LogP contribution in [-0.4, -0.2) is 39.7 Å². The lowest BCUT2D eigenvalue weighted by Crippen LogP contribution is -2.42. The Hall–Kier alpha value is -1.85. The Kier molecular flexibility index (Phi) is 5.21. The van der Waals surface area contributed by atoms with Crippen LogP contribution < -0.4 is 5.73 Å². The first-order valence-electron chi connectivity index (χ1n) is 8.35. The van der Waals surface area contributed by atoms with Crippen molar-refractivity contribution in [2.24, 2.45) is 11.7 Å². The quantitative estimate of drug-likeness (QED) is 0.925. The smallest absolute Gasteiger partial charge is 0.257 e. The number of nitrogens with zero attached hydrogens (tertiary/aromatic N) is 3. The van der Waals surface area contributed by atoms with Gasteiger partial charge in [0.1, 0.15) is 0 Å². The van der Waals surface area contributed by atoms with Crippen LogP contribution in [0.3, 0.4) is 0 Å². The fourth-order valence-corrected chi connectivity index (χ4v) is 3.37. The Balaban J connectivity index is 1.63. The summed E-state index contributed by atoms with van der Waals surface area (Å²) < 4.78 is 1.75. The Labute approximate surface area is 147 Å². The molecule has 1 aliphatic rings. The van der Waals surface area contributed by atoms with Crippen molar-refractivity contribution >= 4 is 17.5 Å². The first kappa shape index (κ1) is 17.0. The highest BCUT2D eigenvalue weighted by Gasteiger charge is 2.26. The number of nitrogens with two attached hydrogens (primary N) is 1. The van der Waals surface area contributed by atoms with Gasteiger partial charge in [0.25, 0.3) is 5.91 Å². The normalized spacial score (nSPS) is 17.0. The molecular formula is C18H23ClN4O. The number of carbonyl (C=O) groups is 1. The Morgan fingerprint density at radius 1 is 1.38 bits per heavy atom. The van der Waals surface area contributed by atoms with Gasteiger partial charge in [0.2, 0.25) is 0 Å². The molecule has 1 aliphatic heterocycles. The predicted molar refractivity (Wildman–Crippen MR) is 95.1 cm³/mol. The lowest BCUT2D eigenvalue weighted by Gasteiger charge is -2.33. The van der Waals surface area contributed by atoms with Crippen molar-refractivity contribution in [3.63, 3.8) is 0 Å². The molecule has 1 saturated heterocycles. The van der Waals surface area contributed by atoms with Crippen LogP contribution in [0, 0.1) is 5.92 Å². The zero-order valence-corrected chi connectivity index (χ0v) is 14.6. The predicted octanol–water partition coefficient (Wildman–Crippen LogP) is 2.78.